The van der Waals surface area contributed by atoms with Crippen molar-refractivity contribution >= 4 is 0 Å². The number of rotatable bonds is 8. The van der Waals surface area contributed by atoms with Crippen molar-refractivity contribution < 1.29 is 4.57 Å². The summed E-state index contributed by atoms with van der Waals surface area (Å²) in [4.78, 5) is 0. The van der Waals surface area contributed by atoms with Crippen LogP contribution in [0.3, 0.4) is 0 Å². The molecule has 100 valence electrons. The summed E-state index contributed by atoms with van der Waals surface area (Å²) >= 11 is 0. The average molecular weight is 246 g/mol. The van der Waals surface area contributed by atoms with Gasteiger partial charge in [-0.1, -0.05) is 39.5 Å². The second kappa shape index (κ2) is 12.1. The Labute approximate surface area is 112 Å². The van der Waals surface area contributed by atoms with Crippen LogP contribution in [0.15, 0.2) is 24.5 Å². The van der Waals surface area contributed by atoms with Gasteiger partial charge in [-0.25, -0.2) is 4.57 Å². The monoisotopic (exact) mass is 246 g/mol. The van der Waals surface area contributed by atoms with Crippen LogP contribution in [-0.4, -0.2) is 0 Å². The van der Waals surface area contributed by atoms with Crippen molar-refractivity contribution in [1.29, 1.82) is 5.26 Å². The molecular weight excluding hydrogens is 220 g/mol. The van der Waals surface area contributed by atoms with Crippen LogP contribution in [0.25, 0.3) is 0 Å². The summed E-state index contributed by atoms with van der Waals surface area (Å²) in [5.41, 5.74) is 1.46. The largest absolute Gasteiger partial charge is 0.512 e. The topological polar surface area (TPSA) is 27.7 Å². The first kappa shape index (κ1) is 16.6. The number of pyridine rings is 1. The maximum Gasteiger partial charge on any atom is 0.169 e. The molecule has 1 rings (SSSR count). The van der Waals surface area contributed by atoms with E-state index in [0.29, 0.717) is 0 Å². The molecule has 2 heteroatoms. The Balaban J connectivity index is 0.00000137. The van der Waals surface area contributed by atoms with Crippen LogP contribution in [0.1, 0.15) is 57.9 Å². The zero-order chi connectivity index (χ0) is 13.6. The lowest BCUT2D eigenvalue weighted by molar-refractivity contribution is -0.697. The summed E-state index contributed by atoms with van der Waals surface area (Å²) in [5, 5.41) is 6.25. The van der Waals surface area contributed by atoms with Crippen molar-refractivity contribution in [3.8, 4) is 0 Å². The summed E-state index contributed by atoms with van der Waals surface area (Å²) in [6.45, 7) is 10.4. The van der Waals surface area contributed by atoms with Crippen molar-refractivity contribution in [2.24, 2.45) is 0 Å². The fraction of sp³-hybridized carbons (Fsp3) is 0.625. The maximum atomic E-state index is 6.25. The minimum atomic E-state index is 1.18. The van der Waals surface area contributed by atoms with Gasteiger partial charge in [-0.15, -0.1) is 0 Å². The van der Waals surface area contributed by atoms with Crippen LogP contribution < -0.4 is 4.57 Å². The number of aryl methyl sites for hydroxylation is 2. The van der Waals surface area contributed by atoms with Gasteiger partial charge in [0.15, 0.2) is 12.4 Å². The molecular formula is C16H26N2. The summed E-state index contributed by atoms with van der Waals surface area (Å²) in [7, 11) is 0. The summed E-state index contributed by atoms with van der Waals surface area (Å²) < 4.78 is 2.31. The highest BCUT2D eigenvalue weighted by Gasteiger charge is 2.00. The van der Waals surface area contributed by atoms with Gasteiger partial charge in [0.1, 0.15) is 6.54 Å². The van der Waals surface area contributed by atoms with Gasteiger partial charge in [0.25, 0.3) is 0 Å². The first-order valence-corrected chi connectivity index (χ1v) is 7.07. The smallest absolute Gasteiger partial charge is 0.169 e. The van der Waals surface area contributed by atoms with E-state index < -0.39 is 0 Å². The highest BCUT2D eigenvalue weighted by molar-refractivity contribution is 5.06. The lowest BCUT2D eigenvalue weighted by Gasteiger charge is -1.99. The molecule has 0 aliphatic heterocycles. The number of hydrogen-bond donors (Lipinski definition) is 0. The van der Waals surface area contributed by atoms with Crippen molar-refractivity contribution in [3.63, 3.8) is 0 Å². The fourth-order valence-electron chi connectivity index (χ4n) is 1.99. The molecule has 0 aliphatic carbocycles. The Bertz CT molecular complexity index is 301. The number of aromatic nitrogens is 1. The molecule has 0 aromatic carbocycles. The Morgan fingerprint density at radius 2 is 1.56 bits per heavy atom. The third-order valence-corrected chi connectivity index (χ3v) is 3.02. The van der Waals surface area contributed by atoms with E-state index in [4.69, 9.17) is 11.8 Å². The van der Waals surface area contributed by atoms with Crippen molar-refractivity contribution in [2.75, 3.05) is 0 Å². The quantitative estimate of drug-likeness (QED) is 0.387. The normalized spacial score (nSPS) is 9.56. The molecule has 0 fully saturated rings. The van der Waals surface area contributed by atoms with Gasteiger partial charge in [0.05, 0.1) is 0 Å². The first-order valence-electron chi connectivity index (χ1n) is 7.07. The lowest BCUT2D eigenvalue weighted by atomic mass is 10.1. The van der Waals surface area contributed by atoms with Gasteiger partial charge in [0, 0.05) is 18.6 Å². The molecule has 1 heterocycles. The Morgan fingerprint density at radius 1 is 0.944 bits per heavy atom. The molecule has 18 heavy (non-hydrogen) atoms. The first-order chi connectivity index (χ1) is 8.86. The molecule has 0 saturated heterocycles. The van der Waals surface area contributed by atoms with Crippen molar-refractivity contribution in [1.82, 2.24) is 0 Å². The zero-order valence-electron chi connectivity index (χ0n) is 11.9. The third-order valence-electron chi connectivity index (χ3n) is 3.02. The van der Waals surface area contributed by atoms with Gasteiger partial charge < -0.3 is 11.8 Å². The van der Waals surface area contributed by atoms with Gasteiger partial charge in [0.2, 0.25) is 0 Å². The second-order valence-corrected chi connectivity index (χ2v) is 4.61. The van der Waals surface area contributed by atoms with E-state index in [-0.39, 0.29) is 0 Å². The maximum absolute atomic E-state index is 6.25. The van der Waals surface area contributed by atoms with Gasteiger partial charge in [-0.2, -0.15) is 0 Å². The average Bonchev–Trinajstić information content (AvgIpc) is 2.43. The fourth-order valence-corrected chi connectivity index (χ4v) is 1.99. The van der Waals surface area contributed by atoms with Gasteiger partial charge in [-0.05, 0) is 18.4 Å². The molecule has 0 aliphatic rings. The van der Waals surface area contributed by atoms with E-state index in [2.05, 4.69) is 42.9 Å². The van der Waals surface area contributed by atoms with Crippen LogP contribution in [-0.2, 0) is 13.0 Å². The van der Waals surface area contributed by atoms with Gasteiger partial charge in [-0.3, -0.25) is 0 Å². The minimum Gasteiger partial charge on any atom is -0.512 e. The summed E-state index contributed by atoms with van der Waals surface area (Å²) in [6, 6.07) is 4.52. The van der Waals surface area contributed by atoms with E-state index in [9.17, 15) is 0 Å². The molecule has 1 aromatic heterocycles. The van der Waals surface area contributed by atoms with Crippen LogP contribution in [0.4, 0.5) is 0 Å². The Morgan fingerprint density at radius 3 is 2.11 bits per heavy atom. The number of hydrogen-bond acceptors (Lipinski definition) is 1. The SMILES string of the molecule is CCCCCCC[n+]1ccc(CCC)cc1.[C-]#N. The van der Waals surface area contributed by atoms with E-state index in [1.165, 1.54) is 57.1 Å². The highest BCUT2D eigenvalue weighted by atomic mass is 14.9. The molecule has 0 N–H and O–H groups in total. The van der Waals surface area contributed by atoms with Crippen LogP contribution in [0.2, 0.25) is 0 Å². The standard InChI is InChI=1S/C15H26N.CN/c1-3-5-6-7-8-12-16-13-10-15(9-4-2)11-14-16;1-2/h10-11,13-14H,3-9,12H2,1-2H3;/q+1;-1. The summed E-state index contributed by atoms with van der Waals surface area (Å²) in [5.74, 6) is 0. The van der Waals surface area contributed by atoms with E-state index in [0.717, 1.165) is 0 Å². The summed E-state index contributed by atoms with van der Waals surface area (Å²) in [6.07, 6.45) is 13.7. The highest BCUT2D eigenvalue weighted by Crippen LogP contribution is 2.03. The molecule has 0 spiro atoms. The number of unbranched alkanes of at least 4 members (excludes halogenated alkanes) is 4. The molecule has 2 nitrogen and oxygen atoms in total. The molecule has 1 aromatic rings. The second-order valence-electron chi connectivity index (χ2n) is 4.61. The van der Waals surface area contributed by atoms with E-state index >= 15 is 0 Å². The molecule has 0 atom stereocenters. The number of nitrogens with zero attached hydrogens (tertiary/aromatic N) is 2. The van der Waals surface area contributed by atoms with Crippen LogP contribution in [0.5, 0.6) is 0 Å². The predicted molar refractivity (Wildman–Crippen MR) is 74.4 cm³/mol. The minimum absolute atomic E-state index is 1.18. The van der Waals surface area contributed by atoms with Crippen LogP contribution in [0, 0.1) is 11.8 Å². The molecule has 0 saturated carbocycles. The molecule has 0 amide bonds. The van der Waals surface area contributed by atoms with E-state index in [1.54, 1.807) is 0 Å². The predicted octanol–water partition coefficient (Wildman–Crippen LogP) is 3.99. The molecule has 0 radical (unpaired) electrons. The van der Waals surface area contributed by atoms with Crippen molar-refractivity contribution in [2.45, 2.75) is 65.3 Å². The van der Waals surface area contributed by atoms with Crippen LogP contribution >= 0.6 is 0 Å². The molecule has 0 unspecified atom stereocenters. The lowest BCUT2D eigenvalue weighted by Crippen LogP contribution is -2.32. The van der Waals surface area contributed by atoms with Crippen molar-refractivity contribution in [3.05, 3.63) is 36.7 Å². The van der Waals surface area contributed by atoms with Gasteiger partial charge >= 0.3 is 0 Å². The molecule has 0 bridgehead atoms. The van der Waals surface area contributed by atoms with E-state index in [1.807, 2.05) is 0 Å². The third kappa shape index (κ3) is 7.84. The zero-order valence-corrected chi connectivity index (χ0v) is 11.9. The Hall–Kier alpha value is -1.36. The Kier molecular flexibility index (Phi) is 11.2.